The summed E-state index contributed by atoms with van der Waals surface area (Å²) >= 11 is 0. The summed E-state index contributed by atoms with van der Waals surface area (Å²) in [6.45, 7) is 6.30. The van der Waals surface area contributed by atoms with Gasteiger partial charge in [-0.25, -0.2) is 4.68 Å². The molecule has 3 rings (SSSR count). The molecule has 1 aromatic carbocycles. The zero-order chi connectivity index (χ0) is 17.1. The van der Waals surface area contributed by atoms with Crippen LogP contribution in [0.4, 0.5) is 0 Å². The molecule has 1 aliphatic heterocycles. The summed E-state index contributed by atoms with van der Waals surface area (Å²) in [6.07, 6.45) is 2.20. The zero-order valence-electron chi connectivity index (χ0n) is 14.5. The summed E-state index contributed by atoms with van der Waals surface area (Å²) in [4.78, 5) is 14.6. The Morgan fingerprint density at radius 3 is 2.75 bits per heavy atom. The van der Waals surface area contributed by atoms with Gasteiger partial charge in [0, 0.05) is 13.1 Å². The van der Waals surface area contributed by atoms with Gasteiger partial charge >= 0.3 is 0 Å². The van der Waals surface area contributed by atoms with Gasteiger partial charge in [-0.3, -0.25) is 4.79 Å². The molecule has 0 unspecified atom stereocenters. The van der Waals surface area contributed by atoms with Gasteiger partial charge in [0.1, 0.15) is 0 Å². The van der Waals surface area contributed by atoms with Crippen molar-refractivity contribution >= 4 is 5.91 Å². The van der Waals surface area contributed by atoms with Crippen molar-refractivity contribution in [1.82, 2.24) is 19.9 Å². The number of nitrogens with zero attached hydrogens (tertiary/aromatic N) is 4. The molecule has 1 fully saturated rings. The van der Waals surface area contributed by atoms with Crippen LogP contribution >= 0.6 is 0 Å². The van der Waals surface area contributed by atoms with E-state index >= 15 is 0 Å². The quantitative estimate of drug-likeness (QED) is 0.865. The van der Waals surface area contributed by atoms with Gasteiger partial charge in [0.25, 0.3) is 5.91 Å². The maximum atomic E-state index is 12.8. The minimum atomic E-state index is -0.0893. The second-order valence-corrected chi connectivity index (χ2v) is 6.59. The molecule has 0 bridgehead atoms. The van der Waals surface area contributed by atoms with Crippen LogP contribution in [0.5, 0.6) is 5.88 Å². The standard InChI is InChI=1S/C18H24N4O2/c1-13-6-8-15(9-7-13)12-22-18(24-3)16(19-20-22)17(23)21-10-4-5-14(2)11-21/h6-9,14H,4-5,10-12H2,1-3H3/t14-/m1/s1. The second kappa shape index (κ2) is 7.03. The van der Waals surface area contributed by atoms with E-state index < -0.39 is 0 Å². The minimum absolute atomic E-state index is 0.0893. The van der Waals surface area contributed by atoms with Gasteiger partial charge in [-0.1, -0.05) is 42.0 Å². The number of methoxy groups -OCH3 is 1. The summed E-state index contributed by atoms with van der Waals surface area (Å²) in [6, 6.07) is 8.20. The third kappa shape index (κ3) is 3.42. The molecule has 6 heteroatoms. The summed E-state index contributed by atoms with van der Waals surface area (Å²) in [5.41, 5.74) is 2.60. The number of amides is 1. The Morgan fingerprint density at radius 1 is 1.33 bits per heavy atom. The van der Waals surface area contributed by atoms with Gasteiger partial charge in [-0.2, -0.15) is 0 Å². The first-order valence-electron chi connectivity index (χ1n) is 8.40. The molecule has 0 aliphatic carbocycles. The molecule has 0 spiro atoms. The largest absolute Gasteiger partial charge is 0.479 e. The van der Waals surface area contributed by atoms with E-state index in [4.69, 9.17) is 4.74 Å². The van der Waals surface area contributed by atoms with Crippen LogP contribution in [0.25, 0.3) is 0 Å². The molecule has 1 atom stereocenters. The van der Waals surface area contributed by atoms with E-state index in [1.807, 2.05) is 17.0 Å². The lowest BCUT2D eigenvalue weighted by molar-refractivity contribution is 0.0673. The van der Waals surface area contributed by atoms with Gasteiger partial charge in [0.2, 0.25) is 11.6 Å². The highest BCUT2D eigenvalue weighted by atomic mass is 16.5. The van der Waals surface area contributed by atoms with Crippen LogP contribution in [-0.2, 0) is 6.54 Å². The predicted molar refractivity (Wildman–Crippen MR) is 91.2 cm³/mol. The molecular weight excluding hydrogens is 304 g/mol. The molecule has 0 N–H and O–H groups in total. The summed E-state index contributed by atoms with van der Waals surface area (Å²) < 4.78 is 7.09. The number of aromatic nitrogens is 3. The SMILES string of the molecule is COc1c(C(=O)N2CCC[C@@H](C)C2)nnn1Cc1ccc(C)cc1. The lowest BCUT2D eigenvalue weighted by Gasteiger charge is -2.30. The predicted octanol–water partition coefficient (Wildman–Crippen LogP) is 2.52. The van der Waals surface area contributed by atoms with Gasteiger partial charge in [0.05, 0.1) is 13.7 Å². The van der Waals surface area contributed by atoms with Crippen molar-refractivity contribution in [3.63, 3.8) is 0 Å². The van der Waals surface area contributed by atoms with E-state index in [9.17, 15) is 4.79 Å². The van der Waals surface area contributed by atoms with E-state index in [0.717, 1.165) is 25.1 Å². The Labute approximate surface area is 142 Å². The number of rotatable bonds is 4. The van der Waals surface area contributed by atoms with Crippen molar-refractivity contribution in [3.8, 4) is 5.88 Å². The average molecular weight is 328 g/mol. The Morgan fingerprint density at radius 2 is 2.08 bits per heavy atom. The molecular formula is C18H24N4O2. The zero-order valence-corrected chi connectivity index (χ0v) is 14.5. The maximum Gasteiger partial charge on any atom is 0.280 e. The maximum absolute atomic E-state index is 12.8. The van der Waals surface area contributed by atoms with Gasteiger partial charge in [0.15, 0.2) is 0 Å². The molecule has 1 aliphatic rings. The smallest absolute Gasteiger partial charge is 0.280 e. The molecule has 1 aromatic heterocycles. The summed E-state index contributed by atoms with van der Waals surface area (Å²) in [5.74, 6) is 0.864. The van der Waals surface area contributed by atoms with Crippen LogP contribution in [0.1, 0.15) is 41.4 Å². The molecule has 1 saturated heterocycles. The second-order valence-electron chi connectivity index (χ2n) is 6.59. The number of ether oxygens (including phenoxy) is 1. The Hall–Kier alpha value is -2.37. The lowest BCUT2D eigenvalue weighted by Crippen LogP contribution is -2.39. The van der Waals surface area contributed by atoms with Crippen LogP contribution in [0.2, 0.25) is 0 Å². The van der Waals surface area contributed by atoms with Crippen molar-refractivity contribution in [3.05, 3.63) is 41.1 Å². The molecule has 24 heavy (non-hydrogen) atoms. The Bertz CT molecular complexity index is 708. The third-order valence-corrected chi connectivity index (χ3v) is 4.48. The fourth-order valence-corrected chi connectivity index (χ4v) is 3.13. The number of carbonyl (C=O) groups excluding carboxylic acids is 1. The first kappa shape index (κ1) is 16.5. The molecule has 2 aromatic rings. The van der Waals surface area contributed by atoms with Crippen molar-refractivity contribution < 1.29 is 9.53 Å². The first-order valence-corrected chi connectivity index (χ1v) is 8.40. The minimum Gasteiger partial charge on any atom is -0.479 e. The van der Waals surface area contributed by atoms with Crippen molar-refractivity contribution in [2.75, 3.05) is 20.2 Å². The molecule has 6 nitrogen and oxygen atoms in total. The van der Waals surface area contributed by atoms with E-state index in [0.29, 0.717) is 24.0 Å². The van der Waals surface area contributed by atoms with E-state index in [1.54, 1.807) is 11.8 Å². The number of carbonyl (C=O) groups is 1. The number of aryl methyl sites for hydroxylation is 1. The number of hydrogen-bond donors (Lipinski definition) is 0. The van der Waals surface area contributed by atoms with Gasteiger partial charge in [-0.15, -0.1) is 5.10 Å². The number of piperidine rings is 1. The average Bonchev–Trinajstić information content (AvgIpc) is 2.98. The fraction of sp³-hybridized carbons (Fsp3) is 0.500. The highest BCUT2D eigenvalue weighted by Crippen LogP contribution is 2.22. The number of benzene rings is 1. The number of hydrogen-bond acceptors (Lipinski definition) is 4. The van der Waals surface area contributed by atoms with Crippen LogP contribution in [-0.4, -0.2) is 46.0 Å². The topological polar surface area (TPSA) is 60.2 Å². The van der Waals surface area contributed by atoms with Crippen LogP contribution in [0.3, 0.4) is 0 Å². The highest BCUT2D eigenvalue weighted by molar-refractivity contribution is 5.94. The summed E-state index contributed by atoms with van der Waals surface area (Å²) in [5, 5.41) is 8.23. The monoisotopic (exact) mass is 328 g/mol. The van der Waals surface area contributed by atoms with Gasteiger partial charge in [-0.05, 0) is 31.2 Å². The third-order valence-electron chi connectivity index (χ3n) is 4.48. The molecule has 2 heterocycles. The van der Waals surface area contributed by atoms with E-state index in [-0.39, 0.29) is 5.91 Å². The molecule has 0 saturated carbocycles. The molecule has 128 valence electrons. The fourth-order valence-electron chi connectivity index (χ4n) is 3.13. The summed E-state index contributed by atoms with van der Waals surface area (Å²) in [7, 11) is 1.56. The Kier molecular flexibility index (Phi) is 4.83. The normalized spacial score (nSPS) is 17.8. The van der Waals surface area contributed by atoms with Crippen molar-refractivity contribution in [1.29, 1.82) is 0 Å². The van der Waals surface area contributed by atoms with Crippen molar-refractivity contribution in [2.45, 2.75) is 33.2 Å². The van der Waals surface area contributed by atoms with E-state index in [2.05, 4.69) is 36.3 Å². The Balaban J connectivity index is 1.81. The highest BCUT2D eigenvalue weighted by Gasteiger charge is 2.28. The lowest BCUT2D eigenvalue weighted by atomic mass is 10.00. The van der Waals surface area contributed by atoms with Crippen molar-refractivity contribution in [2.24, 2.45) is 5.92 Å². The van der Waals surface area contributed by atoms with Gasteiger partial charge < -0.3 is 9.64 Å². The first-order chi connectivity index (χ1) is 11.6. The van der Waals surface area contributed by atoms with Crippen LogP contribution in [0, 0.1) is 12.8 Å². The van der Waals surface area contributed by atoms with Crippen LogP contribution < -0.4 is 4.74 Å². The molecule has 0 radical (unpaired) electrons. The molecule has 1 amide bonds. The number of likely N-dealkylation sites (tertiary alicyclic amines) is 1. The van der Waals surface area contributed by atoms with Crippen LogP contribution in [0.15, 0.2) is 24.3 Å². The van der Waals surface area contributed by atoms with E-state index in [1.165, 1.54) is 12.0 Å².